The summed E-state index contributed by atoms with van der Waals surface area (Å²) in [5, 5.41) is 15.5. The molecule has 0 aliphatic carbocycles. The molecule has 7 nitrogen and oxygen atoms in total. The zero-order valence-electron chi connectivity index (χ0n) is 15.5. The summed E-state index contributed by atoms with van der Waals surface area (Å²) in [7, 11) is 0. The van der Waals surface area contributed by atoms with Gasteiger partial charge < -0.3 is 5.32 Å². The lowest BCUT2D eigenvalue weighted by molar-refractivity contribution is -0.143. The molecular weight excluding hydrogens is 512 g/mol. The summed E-state index contributed by atoms with van der Waals surface area (Å²) in [5.74, 6) is -2.09. The Morgan fingerprint density at radius 1 is 0.969 bits per heavy atom. The smallest absolute Gasteiger partial charge is 0.325 e. The molecule has 0 unspecified atom stereocenters. The van der Waals surface area contributed by atoms with Crippen molar-refractivity contribution in [2.24, 2.45) is 0 Å². The molecule has 14 heteroatoms. The molecule has 3 aromatic rings. The molecular formula is C18H10BrF6N5O2. The molecule has 0 atom stereocenters. The van der Waals surface area contributed by atoms with Crippen LogP contribution in [0, 0.1) is 0 Å². The van der Waals surface area contributed by atoms with E-state index < -0.39 is 47.2 Å². The van der Waals surface area contributed by atoms with Gasteiger partial charge in [-0.05, 0) is 41.6 Å². The lowest BCUT2D eigenvalue weighted by atomic mass is 10.00. The van der Waals surface area contributed by atoms with Gasteiger partial charge in [0.1, 0.15) is 0 Å². The number of nitrogens with zero attached hydrogens (tertiary/aromatic N) is 3. The van der Waals surface area contributed by atoms with Crippen LogP contribution in [0.2, 0.25) is 0 Å². The third kappa shape index (κ3) is 5.49. The van der Waals surface area contributed by atoms with Gasteiger partial charge in [-0.25, -0.2) is 0 Å². The molecule has 0 saturated carbocycles. The van der Waals surface area contributed by atoms with Gasteiger partial charge in [-0.3, -0.25) is 9.59 Å². The summed E-state index contributed by atoms with van der Waals surface area (Å²) in [6.07, 6.45) is -11.2. The molecule has 0 aliphatic heterocycles. The van der Waals surface area contributed by atoms with Crippen LogP contribution < -0.4 is 5.32 Å². The van der Waals surface area contributed by atoms with E-state index in [9.17, 15) is 35.9 Å². The fraction of sp³-hybridized carbons (Fsp3) is 0.167. The Morgan fingerprint density at radius 2 is 1.59 bits per heavy atom. The van der Waals surface area contributed by atoms with Crippen molar-refractivity contribution < 1.29 is 35.9 Å². The Bertz CT molecular complexity index is 1130. The quantitative estimate of drug-likeness (QED) is 0.283. The Morgan fingerprint density at radius 3 is 2.12 bits per heavy atom. The van der Waals surface area contributed by atoms with E-state index in [0.29, 0.717) is 10.0 Å². The SMILES string of the molecule is O=C(CC(=O)c1cc(C(F)(F)F)cc(C(F)(F)F)c1)Nc1ccc(Br)cc1-c1nn[nH]n1. The number of H-pyrrole nitrogens is 1. The van der Waals surface area contributed by atoms with Crippen molar-refractivity contribution in [3.8, 4) is 11.4 Å². The molecule has 1 aromatic heterocycles. The van der Waals surface area contributed by atoms with Gasteiger partial charge in [-0.2, -0.15) is 31.6 Å². The molecule has 2 N–H and O–H groups in total. The predicted molar refractivity (Wildman–Crippen MR) is 101 cm³/mol. The molecule has 1 heterocycles. The number of rotatable bonds is 5. The summed E-state index contributed by atoms with van der Waals surface area (Å²) in [6.45, 7) is 0. The summed E-state index contributed by atoms with van der Waals surface area (Å²) in [5.41, 5.74) is -3.75. The van der Waals surface area contributed by atoms with E-state index >= 15 is 0 Å². The first-order valence-electron chi connectivity index (χ1n) is 8.50. The highest BCUT2D eigenvalue weighted by molar-refractivity contribution is 9.10. The molecule has 0 radical (unpaired) electrons. The van der Waals surface area contributed by atoms with Gasteiger partial charge in [0.25, 0.3) is 0 Å². The number of tetrazole rings is 1. The fourth-order valence-corrected chi connectivity index (χ4v) is 3.01. The van der Waals surface area contributed by atoms with E-state index in [1.165, 1.54) is 12.1 Å². The van der Waals surface area contributed by atoms with Crippen molar-refractivity contribution in [2.75, 3.05) is 5.32 Å². The number of anilines is 1. The van der Waals surface area contributed by atoms with Crippen LogP contribution in [-0.2, 0) is 17.1 Å². The number of benzene rings is 2. The minimum Gasteiger partial charge on any atom is -0.325 e. The van der Waals surface area contributed by atoms with Crippen molar-refractivity contribution in [1.82, 2.24) is 20.6 Å². The lowest BCUT2D eigenvalue weighted by Gasteiger charge is -2.14. The molecule has 0 saturated heterocycles. The summed E-state index contributed by atoms with van der Waals surface area (Å²) >= 11 is 3.23. The van der Waals surface area contributed by atoms with Gasteiger partial charge in [0.05, 0.1) is 23.2 Å². The van der Waals surface area contributed by atoms with Crippen LogP contribution in [0.3, 0.4) is 0 Å². The Kier molecular flexibility index (Phi) is 6.34. The van der Waals surface area contributed by atoms with Gasteiger partial charge in [-0.15, -0.1) is 10.2 Å². The van der Waals surface area contributed by atoms with E-state index in [0.717, 1.165) is 0 Å². The normalized spacial score (nSPS) is 12.0. The third-order valence-corrected chi connectivity index (χ3v) is 4.57. The van der Waals surface area contributed by atoms with E-state index in [1.807, 2.05) is 0 Å². The molecule has 32 heavy (non-hydrogen) atoms. The Balaban J connectivity index is 1.85. The minimum absolute atomic E-state index is 0.0978. The van der Waals surface area contributed by atoms with E-state index in [1.54, 1.807) is 6.07 Å². The summed E-state index contributed by atoms with van der Waals surface area (Å²) in [6, 6.07) is 4.96. The monoisotopic (exact) mass is 521 g/mol. The second kappa shape index (κ2) is 8.68. The topological polar surface area (TPSA) is 101 Å². The average molecular weight is 522 g/mol. The molecule has 168 valence electrons. The summed E-state index contributed by atoms with van der Waals surface area (Å²) in [4.78, 5) is 24.6. The zero-order valence-corrected chi connectivity index (χ0v) is 17.1. The zero-order chi connectivity index (χ0) is 23.7. The maximum atomic E-state index is 13.0. The highest BCUT2D eigenvalue weighted by Crippen LogP contribution is 2.36. The number of halogens is 7. The number of hydrogen-bond acceptors (Lipinski definition) is 5. The van der Waals surface area contributed by atoms with E-state index in [4.69, 9.17) is 0 Å². The number of aromatic amines is 1. The average Bonchev–Trinajstić information content (AvgIpc) is 3.22. The molecule has 0 spiro atoms. The van der Waals surface area contributed by atoms with Crippen LogP contribution in [0.1, 0.15) is 27.9 Å². The highest BCUT2D eigenvalue weighted by Gasteiger charge is 2.37. The number of aromatic nitrogens is 4. The van der Waals surface area contributed by atoms with Crippen LogP contribution in [0.5, 0.6) is 0 Å². The van der Waals surface area contributed by atoms with Gasteiger partial charge in [0.2, 0.25) is 11.7 Å². The van der Waals surface area contributed by atoms with Crippen molar-refractivity contribution >= 4 is 33.3 Å². The van der Waals surface area contributed by atoms with E-state index in [2.05, 4.69) is 41.9 Å². The molecule has 0 bridgehead atoms. The van der Waals surface area contributed by atoms with Crippen molar-refractivity contribution in [1.29, 1.82) is 0 Å². The van der Waals surface area contributed by atoms with Crippen molar-refractivity contribution in [3.63, 3.8) is 0 Å². The second-order valence-electron chi connectivity index (χ2n) is 6.37. The number of carbonyl (C=O) groups is 2. The third-order valence-electron chi connectivity index (χ3n) is 4.07. The van der Waals surface area contributed by atoms with Crippen LogP contribution in [0.25, 0.3) is 11.4 Å². The standard InChI is InChI=1S/C18H10BrF6N5O2/c19-11-1-2-13(12(6-11)16-27-29-30-28-16)26-15(32)7-14(31)8-3-9(17(20,21)22)5-10(4-8)18(23,24)25/h1-6H,7H2,(H,26,32)(H,27,28,29,30). The largest absolute Gasteiger partial charge is 0.416 e. The number of hydrogen-bond donors (Lipinski definition) is 2. The highest BCUT2D eigenvalue weighted by atomic mass is 79.9. The first-order valence-corrected chi connectivity index (χ1v) is 9.30. The maximum Gasteiger partial charge on any atom is 0.416 e. The van der Waals surface area contributed by atoms with E-state index in [-0.39, 0.29) is 29.7 Å². The number of Topliss-reactive ketones (excluding diaryl/α,β-unsaturated/α-hetero) is 1. The van der Waals surface area contributed by atoms with Crippen LogP contribution in [-0.4, -0.2) is 32.3 Å². The van der Waals surface area contributed by atoms with Crippen LogP contribution in [0.15, 0.2) is 40.9 Å². The molecule has 0 fully saturated rings. The first-order chi connectivity index (χ1) is 14.8. The Labute approximate surface area is 183 Å². The first kappa shape index (κ1) is 23.4. The fourth-order valence-electron chi connectivity index (χ4n) is 2.64. The molecule has 3 rings (SSSR count). The van der Waals surface area contributed by atoms with Gasteiger partial charge in [0, 0.05) is 15.6 Å². The number of amides is 1. The number of nitrogens with one attached hydrogen (secondary N) is 2. The van der Waals surface area contributed by atoms with Gasteiger partial charge >= 0.3 is 12.4 Å². The van der Waals surface area contributed by atoms with Crippen LogP contribution >= 0.6 is 15.9 Å². The van der Waals surface area contributed by atoms with Crippen molar-refractivity contribution in [2.45, 2.75) is 18.8 Å². The van der Waals surface area contributed by atoms with Crippen molar-refractivity contribution in [3.05, 3.63) is 57.6 Å². The number of alkyl halides is 6. The molecule has 1 amide bonds. The number of carbonyl (C=O) groups excluding carboxylic acids is 2. The summed E-state index contributed by atoms with van der Waals surface area (Å²) < 4.78 is 78.5. The molecule has 2 aromatic carbocycles. The van der Waals surface area contributed by atoms with Gasteiger partial charge in [0.15, 0.2) is 5.78 Å². The lowest BCUT2D eigenvalue weighted by Crippen LogP contribution is -2.19. The second-order valence-corrected chi connectivity index (χ2v) is 7.28. The minimum atomic E-state index is -5.12. The van der Waals surface area contributed by atoms with Gasteiger partial charge in [-0.1, -0.05) is 15.9 Å². The Hall–Kier alpha value is -3.29. The molecule has 0 aliphatic rings. The van der Waals surface area contributed by atoms with Crippen LogP contribution in [0.4, 0.5) is 32.0 Å². The number of ketones is 1. The predicted octanol–water partition coefficient (Wildman–Crippen LogP) is 4.88. The maximum absolute atomic E-state index is 13.0.